The number of fused-ring (bicyclic) bond motifs is 1. The molecule has 0 radical (unpaired) electrons. The molecular weight excluding hydrogens is 268 g/mol. The maximum atomic E-state index is 12.4. The number of hydrogen-bond acceptors (Lipinski definition) is 4. The highest BCUT2D eigenvalue weighted by Gasteiger charge is 2.31. The zero-order valence-electron chi connectivity index (χ0n) is 12.0. The molecule has 0 amide bonds. The van der Waals surface area contributed by atoms with E-state index in [-0.39, 0.29) is 5.78 Å². The Morgan fingerprint density at radius 2 is 1.86 bits per heavy atom. The summed E-state index contributed by atoms with van der Waals surface area (Å²) in [6, 6.07) is 13.0. The fourth-order valence-electron chi connectivity index (χ4n) is 2.52. The molecule has 1 unspecified atom stereocenters. The molecule has 3 rings (SSSR count). The van der Waals surface area contributed by atoms with Gasteiger partial charge in [0, 0.05) is 24.1 Å². The van der Waals surface area contributed by atoms with Crippen molar-refractivity contribution in [1.29, 1.82) is 0 Å². The van der Waals surface area contributed by atoms with Crippen LogP contribution in [-0.2, 0) is 11.2 Å². The molecule has 21 heavy (non-hydrogen) atoms. The number of ketones is 1. The van der Waals surface area contributed by atoms with Crippen LogP contribution in [0, 0.1) is 0 Å². The first-order chi connectivity index (χ1) is 10.2. The molecule has 0 N–H and O–H groups in total. The van der Waals surface area contributed by atoms with Gasteiger partial charge in [0.1, 0.15) is 17.2 Å². The zero-order valence-corrected chi connectivity index (χ0v) is 12.0. The number of hydrogen-bond donors (Lipinski definition) is 0. The first kappa shape index (κ1) is 13.5. The highest BCUT2D eigenvalue weighted by molar-refractivity contribution is 5.89. The number of carbonyl (C=O) groups is 1. The minimum Gasteiger partial charge on any atom is -0.496 e. The van der Waals surface area contributed by atoms with Crippen molar-refractivity contribution in [2.45, 2.75) is 12.5 Å². The molecule has 0 bridgehead atoms. The first-order valence-corrected chi connectivity index (χ1v) is 6.72. The van der Waals surface area contributed by atoms with Crippen LogP contribution < -0.4 is 14.2 Å². The summed E-state index contributed by atoms with van der Waals surface area (Å²) < 4.78 is 16.5. The summed E-state index contributed by atoms with van der Waals surface area (Å²) in [6.07, 6.45) is -0.280. The average molecular weight is 284 g/mol. The third-order valence-electron chi connectivity index (χ3n) is 3.59. The van der Waals surface area contributed by atoms with Gasteiger partial charge in [0.25, 0.3) is 0 Å². The van der Waals surface area contributed by atoms with Gasteiger partial charge in [-0.05, 0) is 5.56 Å². The normalized spacial score (nSPS) is 16.9. The summed E-state index contributed by atoms with van der Waals surface area (Å²) in [4.78, 5) is 12.4. The summed E-state index contributed by atoms with van der Waals surface area (Å²) in [5, 5.41) is 0. The highest BCUT2D eigenvalue weighted by Crippen LogP contribution is 2.40. The highest BCUT2D eigenvalue weighted by atomic mass is 16.5. The van der Waals surface area contributed by atoms with E-state index in [9.17, 15) is 4.79 Å². The summed E-state index contributed by atoms with van der Waals surface area (Å²) in [5.74, 6) is 1.92. The Bertz CT molecular complexity index is 664. The van der Waals surface area contributed by atoms with Gasteiger partial charge in [-0.3, -0.25) is 4.79 Å². The quantitative estimate of drug-likeness (QED) is 0.869. The molecule has 1 aliphatic heterocycles. The molecule has 1 heterocycles. The molecule has 0 spiro atoms. The lowest BCUT2D eigenvalue weighted by molar-refractivity contribution is -0.126. The summed E-state index contributed by atoms with van der Waals surface area (Å²) >= 11 is 0. The van der Waals surface area contributed by atoms with Gasteiger partial charge in [-0.15, -0.1) is 0 Å². The van der Waals surface area contributed by atoms with Crippen LogP contribution in [-0.4, -0.2) is 20.0 Å². The van der Waals surface area contributed by atoms with Crippen molar-refractivity contribution >= 4 is 5.78 Å². The van der Waals surface area contributed by atoms with Crippen molar-refractivity contribution in [3.63, 3.8) is 0 Å². The fourth-order valence-corrected chi connectivity index (χ4v) is 2.52. The monoisotopic (exact) mass is 284 g/mol. The second-order valence-corrected chi connectivity index (χ2v) is 4.86. The minimum absolute atomic E-state index is 0.0252. The Hall–Kier alpha value is -2.49. The fraction of sp³-hybridized carbons (Fsp3) is 0.235. The molecular formula is C17H16O4. The predicted molar refractivity (Wildman–Crippen MR) is 78.1 cm³/mol. The van der Waals surface area contributed by atoms with Gasteiger partial charge in [0.05, 0.1) is 14.2 Å². The second-order valence-electron chi connectivity index (χ2n) is 4.86. The molecule has 0 aromatic heterocycles. The van der Waals surface area contributed by atoms with Crippen LogP contribution in [0.5, 0.6) is 17.2 Å². The van der Waals surface area contributed by atoms with Gasteiger partial charge in [0.2, 0.25) is 0 Å². The smallest absolute Gasteiger partial charge is 0.182 e. The molecule has 4 heteroatoms. The number of rotatable bonds is 3. The van der Waals surface area contributed by atoms with Crippen molar-refractivity contribution in [2.75, 3.05) is 14.2 Å². The van der Waals surface area contributed by atoms with Crippen molar-refractivity contribution < 1.29 is 19.0 Å². The van der Waals surface area contributed by atoms with Crippen LogP contribution in [0.15, 0.2) is 42.5 Å². The Labute approximate surface area is 123 Å². The Balaban J connectivity index is 2.02. The Morgan fingerprint density at radius 3 is 2.52 bits per heavy atom. The number of methoxy groups -OCH3 is 2. The lowest BCUT2D eigenvalue weighted by Crippen LogP contribution is -2.26. The van der Waals surface area contributed by atoms with E-state index in [0.717, 1.165) is 11.1 Å². The summed E-state index contributed by atoms with van der Waals surface area (Å²) in [5.41, 5.74) is 1.63. The van der Waals surface area contributed by atoms with E-state index in [1.54, 1.807) is 26.4 Å². The molecule has 2 aromatic carbocycles. The predicted octanol–water partition coefficient (Wildman–Crippen LogP) is 2.95. The van der Waals surface area contributed by atoms with Crippen LogP contribution in [0.1, 0.15) is 17.2 Å². The number of benzene rings is 2. The standard InChI is InChI=1S/C17H16O4/c1-19-12-8-15(20-2)13-10-14(18)17(21-16(13)9-12)11-6-4-3-5-7-11/h3-9,17H,10H2,1-2H3. The van der Waals surface area contributed by atoms with E-state index in [1.807, 2.05) is 30.3 Å². The maximum Gasteiger partial charge on any atom is 0.182 e. The molecule has 108 valence electrons. The van der Waals surface area contributed by atoms with E-state index >= 15 is 0 Å². The number of carbonyl (C=O) groups excluding carboxylic acids is 1. The molecule has 4 nitrogen and oxygen atoms in total. The van der Waals surface area contributed by atoms with Gasteiger partial charge < -0.3 is 14.2 Å². The van der Waals surface area contributed by atoms with Crippen molar-refractivity contribution in [3.05, 3.63) is 53.6 Å². The lowest BCUT2D eigenvalue weighted by Gasteiger charge is -2.27. The van der Waals surface area contributed by atoms with Crippen LogP contribution in [0.2, 0.25) is 0 Å². The molecule has 0 saturated heterocycles. The van der Waals surface area contributed by atoms with Crippen LogP contribution in [0.3, 0.4) is 0 Å². The van der Waals surface area contributed by atoms with Crippen molar-refractivity contribution in [3.8, 4) is 17.2 Å². The largest absolute Gasteiger partial charge is 0.496 e. The van der Waals surface area contributed by atoms with Crippen LogP contribution in [0.25, 0.3) is 0 Å². The molecule has 0 aliphatic carbocycles. The maximum absolute atomic E-state index is 12.4. The van der Waals surface area contributed by atoms with Crippen molar-refractivity contribution in [1.82, 2.24) is 0 Å². The van der Waals surface area contributed by atoms with Gasteiger partial charge in [-0.25, -0.2) is 0 Å². The SMILES string of the molecule is COc1cc(OC)c2c(c1)OC(c1ccccc1)C(=O)C2. The molecule has 1 aliphatic rings. The van der Waals surface area contributed by atoms with Crippen LogP contribution in [0.4, 0.5) is 0 Å². The topological polar surface area (TPSA) is 44.8 Å². The second kappa shape index (κ2) is 5.48. The van der Waals surface area contributed by atoms with Crippen molar-refractivity contribution in [2.24, 2.45) is 0 Å². The third kappa shape index (κ3) is 2.44. The van der Waals surface area contributed by atoms with E-state index in [2.05, 4.69) is 0 Å². The van der Waals surface area contributed by atoms with Gasteiger partial charge in [-0.1, -0.05) is 30.3 Å². The molecule has 1 atom stereocenters. The third-order valence-corrected chi connectivity index (χ3v) is 3.59. The summed E-state index contributed by atoms with van der Waals surface area (Å²) in [7, 11) is 3.16. The Kier molecular flexibility index (Phi) is 3.52. The zero-order chi connectivity index (χ0) is 14.8. The number of Topliss-reactive ketones (excluding diaryl/α,β-unsaturated/α-hetero) is 1. The molecule has 0 saturated carbocycles. The van der Waals surface area contributed by atoms with Gasteiger partial charge >= 0.3 is 0 Å². The Morgan fingerprint density at radius 1 is 1.10 bits per heavy atom. The van der Waals surface area contributed by atoms with E-state index in [0.29, 0.717) is 23.7 Å². The minimum atomic E-state index is -0.574. The first-order valence-electron chi connectivity index (χ1n) is 6.72. The van der Waals surface area contributed by atoms with Gasteiger partial charge in [-0.2, -0.15) is 0 Å². The number of ether oxygens (including phenoxy) is 3. The van der Waals surface area contributed by atoms with E-state index in [1.165, 1.54) is 0 Å². The van der Waals surface area contributed by atoms with Crippen LogP contribution >= 0.6 is 0 Å². The van der Waals surface area contributed by atoms with E-state index < -0.39 is 6.10 Å². The molecule has 0 fully saturated rings. The molecule has 2 aromatic rings. The lowest BCUT2D eigenvalue weighted by atomic mass is 9.95. The van der Waals surface area contributed by atoms with E-state index in [4.69, 9.17) is 14.2 Å². The average Bonchev–Trinajstić information content (AvgIpc) is 2.54. The summed E-state index contributed by atoms with van der Waals surface area (Å²) in [6.45, 7) is 0. The van der Waals surface area contributed by atoms with Gasteiger partial charge in [0.15, 0.2) is 11.9 Å².